The van der Waals surface area contributed by atoms with Crippen molar-refractivity contribution in [2.45, 2.75) is 18.5 Å². The molecule has 0 unspecified atom stereocenters. The van der Waals surface area contributed by atoms with Gasteiger partial charge >= 0.3 is 0 Å². The van der Waals surface area contributed by atoms with Gasteiger partial charge in [-0.2, -0.15) is 0 Å². The molecule has 0 saturated heterocycles. The molecule has 2 aromatic heterocycles. The third kappa shape index (κ3) is 3.65. The van der Waals surface area contributed by atoms with E-state index >= 15 is 0 Å². The minimum absolute atomic E-state index is 0.0401. The van der Waals surface area contributed by atoms with Crippen LogP contribution in [0.3, 0.4) is 0 Å². The van der Waals surface area contributed by atoms with Gasteiger partial charge in [-0.1, -0.05) is 30.0 Å². The molecular formula is C16H16N4OS. The molecule has 0 spiro atoms. The van der Waals surface area contributed by atoms with Crippen LogP contribution in [0.1, 0.15) is 12.1 Å². The maximum absolute atomic E-state index is 11.9. The van der Waals surface area contributed by atoms with E-state index in [1.165, 1.54) is 0 Å². The third-order valence-corrected chi connectivity index (χ3v) is 3.97. The zero-order valence-corrected chi connectivity index (χ0v) is 13.0. The van der Waals surface area contributed by atoms with Crippen molar-refractivity contribution in [2.24, 2.45) is 0 Å². The summed E-state index contributed by atoms with van der Waals surface area (Å²) in [5.41, 5.74) is 2.84. The monoisotopic (exact) mass is 312 g/mol. The second-order valence-electron chi connectivity index (χ2n) is 4.87. The summed E-state index contributed by atoms with van der Waals surface area (Å²) in [5.74, 6) is 1.22. The zero-order chi connectivity index (χ0) is 15.4. The fourth-order valence-electron chi connectivity index (χ4n) is 2.06. The van der Waals surface area contributed by atoms with Gasteiger partial charge in [-0.3, -0.25) is 4.79 Å². The highest BCUT2D eigenvalue weighted by atomic mass is 32.2. The van der Waals surface area contributed by atoms with Crippen LogP contribution in [0, 0.1) is 6.92 Å². The predicted octanol–water partition coefficient (Wildman–Crippen LogP) is 3.39. The molecule has 6 heteroatoms. The van der Waals surface area contributed by atoms with Gasteiger partial charge in [0.1, 0.15) is 5.82 Å². The van der Waals surface area contributed by atoms with Crippen molar-refractivity contribution >= 4 is 34.5 Å². The van der Waals surface area contributed by atoms with Gasteiger partial charge in [0.2, 0.25) is 5.91 Å². The molecule has 0 radical (unpaired) electrons. The van der Waals surface area contributed by atoms with Gasteiger partial charge in [-0.25, -0.2) is 9.97 Å². The number of aromatic nitrogens is 3. The lowest BCUT2D eigenvalue weighted by Crippen LogP contribution is -2.13. The van der Waals surface area contributed by atoms with Crippen LogP contribution < -0.4 is 5.32 Å². The first kappa shape index (κ1) is 14.6. The Morgan fingerprint density at radius 2 is 2.05 bits per heavy atom. The molecule has 3 rings (SSSR count). The van der Waals surface area contributed by atoms with Crippen molar-refractivity contribution in [3.05, 3.63) is 48.2 Å². The molecular weight excluding hydrogens is 296 g/mol. The molecule has 0 atom stereocenters. The van der Waals surface area contributed by atoms with Gasteiger partial charge in [0.15, 0.2) is 5.16 Å². The minimum atomic E-state index is -0.0401. The van der Waals surface area contributed by atoms with Gasteiger partial charge in [0, 0.05) is 17.9 Å². The van der Waals surface area contributed by atoms with Crippen LogP contribution in [-0.4, -0.2) is 26.6 Å². The molecule has 2 heterocycles. The Bertz CT molecular complexity index is 766. The SMILES string of the molecule is Cc1cccc(NC(=O)CCSc2nc3ccccc3[nH]2)n1. The number of nitrogens with one attached hydrogen (secondary N) is 2. The number of anilines is 1. The molecule has 0 bridgehead atoms. The van der Waals surface area contributed by atoms with Crippen LogP contribution >= 0.6 is 11.8 Å². The standard InChI is InChI=1S/C16H16N4OS/c1-11-5-4-8-14(17-11)20-15(21)9-10-22-16-18-12-6-2-3-7-13(12)19-16/h2-8H,9-10H2,1H3,(H,18,19)(H,17,20,21). The second kappa shape index (κ2) is 6.62. The number of hydrogen-bond donors (Lipinski definition) is 2. The molecule has 1 aromatic carbocycles. The van der Waals surface area contributed by atoms with E-state index in [1.807, 2.05) is 43.3 Å². The number of hydrogen-bond acceptors (Lipinski definition) is 4. The normalized spacial score (nSPS) is 10.8. The summed E-state index contributed by atoms with van der Waals surface area (Å²) in [5, 5.41) is 3.64. The van der Waals surface area contributed by atoms with E-state index in [0.717, 1.165) is 21.9 Å². The van der Waals surface area contributed by atoms with E-state index in [1.54, 1.807) is 17.8 Å². The Morgan fingerprint density at radius 3 is 2.86 bits per heavy atom. The number of carbonyl (C=O) groups is 1. The highest BCUT2D eigenvalue weighted by Gasteiger charge is 2.06. The van der Waals surface area contributed by atoms with Crippen molar-refractivity contribution < 1.29 is 4.79 Å². The summed E-state index contributed by atoms with van der Waals surface area (Å²) < 4.78 is 0. The fraction of sp³-hybridized carbons (Fsp3) is 0.188. The number of amides is 1. The first-order valence-corrected chi connectivity index (χ1v) is 8.00. The highest BCUT2D eigenvalue weighted by molar-refractivity contribution is 7.99. The number of para-hydroxylation sites is 2. The average Bonchev–Trinajstić information content (AvgIpc) is 2.90. The molecule has 3 aromatic rings. The van der Waals surface area contributed by atoms with Gasteiger partial charge < -0.3 is 10.3 Å². The molecule has 0 saturated carbocycles. The Morgan fingerprint density at radius 1 is 1.18 bits per heavy atom. The number of carbonyl (C=O) groups excluding carboxylic acids is 1. The fourth-order valence-corrected chi connectivity index (χ4v) is 2.88. The van der Waals surface area contributed by atoms with Crippen molar-refractivity contribution in [1.29, 1.82) is 0 Å². The molecule has 0 aliphatic heterocycles. The van der Waals surface area contributed by atoms with E-state index in [4.69, 9.17) is 0 Å². The van der Waals surface area contributed by atoms with Crippen molar-refractivity contribution in [3.63, 3.8) is 0 Å². The zero-order valence-electron chi connectivity index (χ0n) is 12.2. The Balaban J connectivity index is 1.51. The first-order valence-electron chi connectivity index (χ1n) is 7.02. The largest absolute Gasteiger partial charge is 0.333 e. The van der Waals surface area contributed by atoms with Gasteiger partial charge in [0.25, 0.3) is 0 Å². The summed E-state index contributed by atoms with van der Waals surface area (Å²) in [6.07, 6.45) is 0.414. The number of aryl methyl sites for hydroxylation is 1. The van der Waals surface area contributed by atoms with E-state index in [0.29, 0.717) is 18.0 Å². The molecule has 0 aliphatic carbocycles. The maximum atomic E-state index is 11.9. The predicted molar refractivity (Wildman–Crippen MR) is 89.0 cm³/mol. The van der Waals surface area contributed by atoms with Crippen LogP contribution in [0.15, 0.2) is 47.6 Å². The summed E-state index contributed by atoms with van der Waals surface area (Å²) in [7, 11) is 0. The van der Waals surface area contributed by atoms with E-state index in [9.17, 15) is 4.79 Å². The van der Waals surface area contributed by atoms with Crippen LogP contribution in [0.25, 0.3) is 11.0 Å². The van der Waals surface area contributed by atoms with Crippen molar-refractivity contribution in [3.8, 4) is 0 Å². The lowest BCUT2D eigenvalue weighted by atomic mass is 10.3. The molecule has 0 aliphatic rings. The lowest BCUT2D eigenvalue weighted by Gasteiger charge is -2.04. The smallest absolute Gasteiger partial charge is 0.226 e. The number of H-pyrrole nitrogens is 1. The molecule has 5 nitrogen and oxygen atoms in total. The molecule has 2 N–H and O–H groups in total. The topological polar surface area (TPSA) is 70.7 Å². The number of benzene rings is 1. The Labute approximate surface area is 132 Å². The summed E-state index contributed by atoms with van der Waals surface area (Å²) in [6.45, 7) is 1.90. The number of nitrogens with zero attached hydrogens (tertiary/aromatic N) is 2. The number of thioether (sulfide) groups is 1. The molecule has 22 heavy (non-hydrogen) atoms. The van der Waals surface area contributed by atoms with Gasteiger partial charge in [-0.15, -0.1) is 0 Å². The van der Waals surface area contributed by atoms with Crippen molar-refractivity contribution in [1.82, 2.24) is 15.0 Å². The molecule has 1 amide bonds. The van der Waals surface area contributed by atoms with Crippen molar-refractivity contribution in [2.75, 3.05) is 11.1 Å². The number of imidazole rings is 1. The number of pyridine rings is 1. The quantitative estimate of drug-likeness (QED) is 0.708. The van der Waals surface area contributed by atoms with Crippen LogP contribution in [0.2, 0.25) is 0 Å². The van der Waals surface area contributed by atoms with Crippen LogP contribution in [-0.2, 0) is 4.79 Å². The van der Waals surface area contributed by atoms with Gasteiger partial charge in [0.05, 0.1) is 11.0 Å². The lowest BCUT2D eigenvalue weighted by molar-refractivity contribution is -0.115. The Hall–Kier alpha value is -2.34. The molecule has 112 valence electrons. The number of aromatic amines is 1. The van der Waals surface area contributed by atoms with Crippen LogP contribution in [0.5, 0.6) is 0 Å². The summed E-state index contributed by atoms with van der Waals surface area (Å²) in [6, 6.07) is 13.4. The average molecular weight is 312 g/mol. The Kier molecular flexibility index (Phi) is 4.39. The second-order valence-corrected chi connectivity index (χ2v) is 5.95. The van der Waals surface area contributed by atoms with Crippen LogP contribution in [0.4, 0.5) is 5.82 Å². The van der Waals surface area contributed by atoms with Gasteiger partial charge in [-0.05, 0) is 31.2 Å². The third-order valence-electron chi connectivity index (χ3n) is 3.09. The number of fused-ring (bicyclic) bond motifs is 1. The summed E-state index contributed by atoms with van der Waals surface area (Å²) >= 11 is 1.54. The maximum Gasteiger partial charge on any atom is 0.226 e. The highest BCUT2D eigenvalue weighted by Crippen LogP contribution is 2.19. The number of rotatable bonds is 5. The minimum Gasteiger partial charge on any atom is -0.333 e. The van der Waals surface area contributed by atoms with E-state index < -0.39 is 0 Å². The van der Waals surface area contributed by atoms with E-state index in [-0.39, 0.29) is 5.91 Å². The first-order chi connectivity index (χ1) is 10.7. The summed E-state index contributed by atoms with van der Waals surface area (Å²) in [4.78, 5) is 23.8. The molecule has 0 fully saturated rings. The van der Waals surface area contributed by atoms with E-state index in [2.05, 4.69) is 20.3 Å².